The molecule has 0 radical (unpaired) electrons. The second kappa shape index (κ2) is 9.99. The highest BCUT2D eigenvalue weighted by Gasteiger charge is 2.21. The molecule has 0 bridgehead atoms. The summed E-state index contributed by atoms with van der Waals surface area (Å²) in [5, 5.41) is 2.17. The van der Waals surface area contributed by atoms with Gasteiger partial charge in [-0.1, -0.05) is 24.3 Å². The lowest BCUT2D eigenvalue weighted by molar-refractivity contribution is 0.311. The van der Waals surface area contributed by atoms with Crippen LogP contribution >= 0.6 is 0 Å². The van der Waals surface area contributed by atoms with Crippen LogP contribution in [0.3, 0.4) is 0 Å². The molecule has 1 fully saturated rings. The highest BCUT2D eigenvalue weighted by molar-refractivity contribution is 7.89. The number of fused-ring (bicyclic) bond motifs is 1. The fourth-order valence-electron chi connectivity index (χ4n) is 4.20. The summed E-state index contributed by atoms with van der Waals surface area (Å²) in [5.74, 6) is 1.47. The van der Waals surface area contributed by atoms with Crippen LogP contribution in [0, 0.1) is 0 Å². The lowest BCUT2D eigenvalue weighted by atomic mass is 10.0. The molecule has 1 N–H and O–H groups in total. The van der Waals surface area contributed by atoms with Gasteiger partial charge in [0.25, 0.3) is 0 Å². The molecule has 0 atom stereocenters. The molecule has 1 aliphatic heterocycles. The summed E-state index contributed by atoms with van der Waals surface area (Å²) in [6.07, 6.45) is 0.575. The largest absolute Gasteiger partial charge is 0.497 e. The summed E-state index contributed by atoms with van der Waals surface area (Å²) < 4.78 is 39.8. The summed E-state index contributed by atoms with van der Waals surface area (Å²) in [4.78, 5) is 4.69. The molecule has 1 saturated heterocycles. The third-order valence-corrected chi connectivity index (χ3v) is 7.63. The lowest BCUT2D eigenvalue weighted by Crippen LogP contribution is -2.44. The maximum Gasteiger partial charge on any atom is 0.240 e. The van der Waals surface area contributed by atoms with Crippen LogP contribution in [0.25, 0.3) is 10.8 Å². The van der Waals surface area contributed by atoms with Gasteiger partial charge in [0, 0.05) is 32.7 Å². The first-order valence-electron chi connectivity index (χ1n) is 11.1. The van der Waals surface area contributed by atoms with Crippen molar-refractivity contribution in [3.63, 3.8) is 0 Å². The van der Waals surface area contributed by atoms with Gasteiger partial charge in [-0.3, -0.25) is 0 Å². The van der Waals surface area contributed by atoms with Crippen LogP contribution in [0.4, 0.5) is 5.69 Å². The van der Waals surface area contributed by atoms with Crippen molar-refractivity contribution in [2.24, 2.45) is 0 Å². The van der Waals surface area contributed by atoms with Gasteiger partial charge in [-0.05, 0) is 60.1 Å². The molecule has 3 aromatic carbocycles. The van der Waals surface area contributed by atoms with Crippen LogP contribution < -0.4 is 19.1 Å². The van der Waals surface area contributed by atoms with Crippen LogP contribution in [0.2, 0.25) is 0 Å². The molecule has 0 unspecified atom stereocenters. The quantitative estimate of drug-likeness (QED) is 0.547. The lowest BCUT2D eigenvalue weighted by Gasteiger charge is -2.34. The molecular formula is C25H31N3O4S. The average Bonchev–Trinajstić information content (AvgIpc) is 2.84. The van der Waals surface area contributed by atoms with Gasteiger partial charge in [-0.25, -0.2) is 13.1 Å². The molecule has 3 aromatic rings. The number of nitrogens with zero attached hydrogens (tertiary/aromatic N) is 2. The van der Waals surface area contributed by atoms with Crippen LogP contribution in [-0.2, 0) is 16.4 Å². The maximum absolute atomic E-state index is 13.1. The minimum absolute atomic E-state index is 0.247. The Balaban J connectivity index is 1.50. The van der Waals surface area contributed by atoms with Crippen molar-refractivity contribution in [1.29, 1.82) is 0 Å². The van der Waals surface area contributed by atoms with Gasteiger partial charge in [0.2, 0.25) is 10.0 Å². The molecule has 0 spiro atoms. The zero-order chi connectivity index (χ0) is 23.4. The topological polar surface area (TPSA) is 71.1 Å². The van der Waals surface area contributed by atoms with Crippen molar-refractivity contribution in [2.45, 2.75) is 11.3 Å². The first kappa shape index (κ1) is 23.4. The number of rotatable bonds is 8. The average molecular weight is 470 g/mol. The van der Waals surface area contributed by atoms with E-state index in [1.54, 1.807) is 32.4 Å². The monoisotopic (exact) mass is 469 g/mol. The van der Waals surface area contributed by atoms with E-state index in [-0.39, 0.29) is 4.90 Å². The molecule has 33 heavy (non-hydrogen) atoms. The van der Waals surface area contributed by atoms with Crippen LogP contribution in [-0.4, -0.2) is 67.3 Å². The summed E-state index contributed by atoms with van der Waals surface area (Å²) in [6.45, 7) is 3.81. The highest BCUT2D eigenvalue weighted by Crippen LogP contribution is 2.31. The van der Waals surface area contributed by atoms with Crippen LogP contribution in [0.15, 0.2) is 59.5 Å². The number of ether oxygens (including phenoxy) is 2. The Kier molecular flexibility index (Phi) is 7.07. The summed E-state index contributed by atoms with van der Waals surface area (Å²) in [6, 6.07) is 17.0. The summed E-state index contributed by atoms with van der Waals surface area (Å²) in [5.41, 5.74) is 1.89. The number of hydrogen-bond acceptors (Lipinski definition) is 6. The Labute approximate surface area is 196 Å². The number of piperazine rings is 1. The molecule has 1 heterocycles. The molecule has 0 aliphatic carbocycles. The van der Waals surface area contributed by atoms with E-state index in [0.29, 0.717) is 18.7 Å². The van der Waals surface area contributed by atoms with Gasteiger partial charge in [0.1, 0.15) is 11.5 Å². The first-order chi connectivity index (χ1) is 15.9. The van der Waals surface area contributed by atoms with Gasteiger partial charge in [0.05, 0.1) is 24.8 Å². The maximum atomic E-state index is 13.1. The highest BCUT2D eigenvalue weighted by atomic mass is 32.2. The Morgan fingerprint density at radius 1 is 0.939 bits per heavy atom. The van der Waals surface area contributed by atoms with Crippen LogP contribution in [0.1, 0.15) is 5.56 Å². The number of methoxy groups -OCH3 is 2. The first-order valence-corrected chi connectivity index (χ1v) is 12.6. The predicted octanol–water partition coefficient (Wildman–Crippen LogP) is 3.13. The fraction of sp³-hybridized carbons (Fsp3) is 0.360. The van der Waals surface area contributed by atoms with Crippen molar-refractivity contribution in [3.05, 3.63) is 60.2 Å². The van der Waals surface area contributed by atoms with E-state index in [9.17, 15) is 8.42 Å². The Bertz CT molecular complexity index is 1220. The minimum atomic E-state index is -3.66. The number of likely N-dealkylation sites (N-methyl/N-ethyl adjacent to an activating group) is 1. The standard InChI is InChI=1S/C25H31N3O4S/c1-27-13-15-28(16-14-27)24-18-22(9-10-25(24)32-3)33(29,30)26-12-11-20-6-4-5-19-7-8-21(31-2)17-23(19)20/h4-10,17-18,26H,11-16H2,1-3H3. The van der Waals surface area contributed by atoms with Gasteiger partial charge in [-0.15, -0.1) is 0 Å². The second-order valence-electron chi connectivity index (χ2n) is 8.28. The van der Waals surface area contributed by atoms with Gasteiger partial charge < -0.3 is 19.3 Å². The third kappa shape index (κ3) is 5.24. The number of sulfonamides is 1. The Hall–Kier alpha value is -2.81. The van der Waals surface area contributed by atoms with Crippen LogP contribution in [0.5, 0.6) is 11.5 Å². The molecule has 0 amide bonds. The van der Waals surface area contributed by atoms with E-state index in [1.165, 1.54) is 0 Å². The molecule has 0 aromatic heterocycles. The molecule has 176 valence electrons. The molecule has 4 rings (SSSR count). The van der Waals surface area contributed by atoms with Crippen molar-refractivity contribution in [2.75, 3.05) is 58.9 Å². The van der Waals surface area contributed by atoms with E-state index in [1.807, 2.05) is 36.4 Å². The SMILES string of the molecule is COc1ccc2cccc(CCNS(=O)(=O)c3ccc(OC)c(N4CCN(C)CC4)c3)c2c1. The molecule has 7 nitrogen and oxygen atoms in total. The number of anilines is 1. The minimum Gasteiger partial charge on any atom is -0.497 e. The Morgan fingerprint density at radius 3 is 2.45 bits per heavy atom. The zero-order valence-electron chi connectivity index (χ0n) is 19.4. The predicted molar refractivity (Wildman–Crippen MR) is 132 cm³/mol. The van der Waals surface area contributed by atoms with Crippen molar-refractivity contribution < 1.29 is 17.9 Å². The zero-order valence-corrected chi connectivity index (χ0v) is 20.2. The summed E-state index contributed by atoms with van der Waals surface area (Å²) in [7, 11) is 1.68. The number of benzene rings is 3. The van der Waals surface area contributed by atoms with Gasteiger partial charge in [-0.2, -0.15) is 0 Å². The van der Waals surface area contributed by atoms with E-state index in [0.717, 1.165) is 54.0 Å². The molecule has 1 aliphatic rings. The van der Waals surface area contributed by atoms with E-state index in [4.69, 9.17) is 9.47 Å². The smallest absolute Gasteiger partial charge is 0.240 e. The van der Waals surface area contributed by atoms with Gasteiger partial charge >= 0.3 is 0 Å². The number of hydrogen-bond donors (Lipinski definition) is 1. The third-order valence-electron chi connectivity index (χ3n) is 6.17. The van der Waals surface area contributed by atoms with Crippen molar-refractivity contribution in [1.82, 2.24) is 9.62 Å². The van der Waals surface area contributed by atoms with E-state index < -0.39 is 10.0 Å². The molecular weight excluding hydrogens is 438 g/mol. The normalized spacial score (nSPS) is 15.1. The summed E-state index contributed by atoms with van der Waals surface area (Å²) >= 11 is 0. The molecule has 0 saturated carbocycles. The Morgan fingerprint density at radius 2 is 1.73 bits per heavy atom. The van der Waals surface area contributed by atoms with Crippen molar-refractivity contribution >= 4 is 26.5 Å². The molecule has 8 heteroatoms. The van der Waals surface area contributed by atoms with E-state index in [2.05, 4.69) is 21.6 Å². The van der Waals surface area contributed by atoms with Gasteiger partial charge in [0.15, 0.2) is 0 Å². The second-order valence-corrected chi connectivity index (χ2v) is 10.0. The number of nitrogens with one attached hydrogen (secondary N) is 1. The van der Waals surface area contributed by atoms with E-state index >= 15 is 0 Å². The van der Waals surface area contributed by atoms with Crippen molar-refractivity contribution in [3.8, 4) is 11.5 Å². The fourth-order valence-corrected chi connectivity index (χ4v) is 5.25.